The Labute approximate surface area is 158 Å². The van der Waals surface area contributed by atoms with Gasteiger partial charge in [-0.3, -0.25) is 9.78 Å². The van der Waals surface area contributed by atoms with E-state index < -0.39 is 5.60 Å². The van der Waals surface area contributed by atoms with Gasteiger partial charge in [-0.2, -0.15) is 0 Å². The number of benzene rings is 1. The fourth-order valence-electron chi connectivity index (χ4n) is 3.14. The lowest BCUT2D eigenvalue weighted by atomic mass is 9.96. The Morgan fingerprint density at radius 3 is 2.56 bits per heavy atom. The molecule has 0 radical (unpaired) electrons. The number of fused-ring (bicyclic) bond motifs is 1. The van der Waals surface area contributed by atoms with Gasteiger partial charge in [-0.25, -0.2) is 4.98 Å². The second-order valence-electron chi connectivity index (χ2n) is 7.84. The molecule has 2 N–H and O–H groups in total. The summed E-state index contributed by atoms with van der Waals surface area (Å²) in [6.07, 6.45) is 5.54. The predicted molar refractivity (Wildman–Crippen MR) is 106 cm³/mol. The Morgan fingerprint density at radius 2 is 1.89 bits per heavy atom. The first kappa shape index (κ1) is 17.6. The van der Waals surface area contributed by atoms with Crippen LogP contribution in [-0.4, -0.2) is 21.0 Å². The summed E-state index contributed by atoms with van der Waals surface area (Å²) in [4.78, 5) is 20.7. The maximum Gasteiger partial charge on any atom is 0.228 e. The van der Waals surface area contributed by atoms with Gasteiger partial charge in [0.25, 0.3) is 0 Å². The zero-order chi connectivity index (χ0) is 19.2. The van der Waals surface area contributed by atoms with E-state index in [4.69, 9.17) is 0 Å². The summed E-state index contributed by atoms with van der Waals surface area (Å²) >= 11 is 0. The number of carbonyl (C=O) groups excluding carboxylic acids is 1. The van der Waals surface area contributed by atoms with Gasteiger partial charge >= 0.3 is 0 Å². The van der Waals surface area contributed by atoms with Crippen LogP contribution in [0.2, 0.25) is 0 Å². The van der Waals surface area contributed by atoms with Crippen molar-refractivity contribution in [3.63, 3.8) is 0 Å². The zero-order valence-electron chi connectivity index (χ0n) is 15.8. The minimum atomic E-state index is -0.960. The van der Waals surface area contributed by atoms with E-state index in [-0.39, 0.29) is 11.8 Å². The maximum atomic E-state index is 11.9. The largest absolute Gasteiger partial charge is 0.384 e. The van der Waals surface area contributed by atoms with Gasteiger partial charge in [0, 0.05) is 29.3 Å². The zero-order valence-corrected chi connectivity index (χ0v) is 15.8. The minimum absolute atomic E-state index is 0.0621. The Balaban J connectivity index is 1.64. The van der Waals surface area contributed by atoms with Crippen LogP contribution in [0.4, 0.5) is 5.82 Å². The first-order chi connectivity index (χ1) is 12.8. The monoisotopic (exact) mass is 361 g/mol. The highest BCUT2D eigenvalue weighted by Crippen LogP contribution is 2.31. The molecule has 0 saturated heterocycles. The Kier molecular flexibility index (Phi) is 4.19. The highest BCUT2D eigenvalue weighted by atomic mass is 16.3. The van der Waals surface area contributed by atoms with Gasteiger partial charge in [-0.15, -0.1) is 0 Å². The van der Waals surface area contributed by atoms with E-state index in [2.05, 4.69) is 21.4 Å². The number of aryl methyl sites for hydroxylation is 1. The van der Waals surface area contributed by atoms with Gasteiger partial charge in [0.2, 0.25) is 5.91 Å². The van der Waals surface area contributed by atoms with Crippen LogP contribution in [0.5, 0.6) is 0 Å². The third kappa shape index (κ3) is 3.69. The molecule has 1 aliphatic rings. The second-order valence-corrected chi connectivity index (χ2v) is 7.84. The molecule has 5 nitrogen and oxygen atoms in total. The first-order valence-electron chi connectivity index (χ1n) is 9.22. The third-order valence-corrected chi connectivity index (χ3v) is 4.97. The van der Waals surface area contributed by atoms with Crippen LogP contribution in [0.15, 0.2) is 42.7 Å². The number of aliphatic hydroxyl groups is 1. The molecule has 1 fully saturated rings. The van der Waals surface area contributed by atoms with Crippen molar-refractivity contribution in [2.24, 2.45) is 5.92 Å². The summed E-state index contributed by atoms with van der Waals surface area (Å²) in [7, 11) is 0. The highest BCUT2D eigenvalue weighted by Gasteiger charge is 2.29. The summed E-state index contributed by atoms with van der Waals surface area (Å²) in [6.45, 7) is 5.48. The maximum absolute atomic E-state index is 11.9. The molecule has 27 heavy (non-hydrogen) atoms. The number of amides is 1. The van der Waals surface area contributed by atoms with E-state index in [1.807, 2.05) is 37.4 Å². The molecule has 1 amide bonds. The van der Waals surface area contributed by atoms with E-state index in [1.165, 1.54) is 0 Å². The molecule has 1 saturated carbocycles. The van der Waals surface area contributed by atoms with Crippen LogP contribution in [0, 0.1) is 12.8 Å². The quantitative estimate of drug-likeness (QED) is 0.731. The molecule has 138 valence electrons. The number of anilines is 1. The molecule has 0 atom stereocenters. The van der Waals surface area contributed by atoms with Crippen LogP contribution < -0.4 is 5.32 Å². The Bertz CT molecular complexity index is 1030. The average molecular weight is 361 g/mol. The van der Waals surface area contributed by atoms with Gasteiger partial charge in [-0.1, -0.05) is 12.1 Å². The van der Waals surface area contributed by atoms with Crippen LogP contribution in [0.25, 0.3) is 21.9 Å². The number of nitrogens with zero attached hydrogens (tertiary/aromatic N) is 2. The van der Waals surface area contributed by atoms with E-state index in [1.54, 1.807) is 20.0 Å². The normalized spacial score (nSPS) is 14.4. The van der Waals surface area contributed by atoms with Gasteiger partial charge < -0.3 is 10.4 Å². The molecule has 0 bridgehead atoms. The average Bonchev–Trinajstić information content (AvgIpc) is 3.45. The van der Waals surface area contributed by atoms with Crippen molar-refractivity contribution in [1.29, 1.82) is 0 Å². The summed E-state index contributed by atoms with van der Waals surface area (Å²) in [6, 6.07) is 9.98. The van der Waals surface area contributed by atoms with E-state index >= 15 is 0 Å². The fourth-order valence-corrected chi connectivity index (χ4v) is 3.14. The van der Waals surface area contributed by atoms with Gasteiger partial charge in [0.05, 0.1) is 5.69 Å². The van der Waals surface area contributed by atoms with Crippen molar-refractivity contribution >= 4 is 22.5 Å². The van der Waals surface area contributed by atoms with Crippen molar-refractivity contribution < 1.29 is 9.90 Å². The van der Waals surface area contributed by atoms with Crippen molar-refractivity contribution in [2.75, 3.05) is 5.32 Å². The lowest BCUT2D eigenvalue weighted by Crippen LogP contribution is -2.17. The third-order valence-electron chi connectivity index (χ3n) is 4.97. The van der Waals surface area contributed by atoms with Crippen molar-refractivity contribution in [3.8, 4) is 11.1 Å². The number of hydrogen-bond donors (Lipinski definition) is 2. The molecule has 0 spiro atoms. The molecular weight excluding hydrogens is 338 g/mol. The molecule has 4 rings (SSSR count). The molecule has 0 unspecified atom stereocenters. The number of nitrogens with one attached hydrogen (secondary N) is 1. The molecular formula is C22H23N3O2. The van der Waals surface area contributed by atoms with E-state index in [0.717, 1.165) is 40.3 Å². The summed E-state index contributed by atoms with van der Waals surface area (Å²) in [5, 5.41) is 15.1. The predicted octanol–water partition coefficient (Wildman–Crippen LogP) is 4.18. The molecule has 1 aromatic carbocycles. The van der Waals surface area contributed by atoms with Gasteiger partial charge in [-0.05, 0) is 68.3 Å². The van der Waals surface area contributed by atoms with Crippen LogP contribution >= 0.6 is 0 Å². The smallest absolute Gasteiger partial charge is 0.228 e. The van der Waals surface area contributed by atoms with Crippen molar-refractivity contribution in [2.45, 2.75) is 39.2 Å². The van der Waals surface area contributed by atoms with E-state index in [9.17, 15) is 9.90 Å². The number of aromatic nitrogens is 2. The topological polar surface area (TPSA) is 75.1 Å². The number of carbonyl (C=O) groups is 1. The summed E-state index contributed by atoms with van der Waals surface area (Å²) in [5.41, 5.74) is 2.82. The van der Waals surface area contributed by atoms with Crippen molar-refractivity contribution in [3.05, 3.63) is 54.0 Å². The highest BCUT2D eigenvalue weighted by molar-refractivity contribution is 5.96. The van der Waals surface area contributed by atoms with Gasteiger partial charge in [0.1, 0.15) is 11.4 Å². The van der Waals surface area contributed by atoms with Gasteiger partial charge in [0.15, 0.2) is 0 Å². The number of rotatable bonds is 4. The Morgan fingerprint density at radius 1 is 1.11 bits per heavy atom. The van der Waals surface area contributed by atoms with E-state index in [0.29, 0.717) is 11.5 Å². The summed E-state index contributed by atoms with van der Waals surface area (Å²) in [5.74, 6) is 0.818. The first-order valence-corrected chi connectivity index (χ1v) is 9.22. The molecule has 1 aliphatic carbocycles. The lowest BCUT2D eigenvalue weighted by molar-refractivity contribution is -0.117. The SMILES string of the molecule is Cc1cc(C(C)(C)O)ncc1-c1ccc2cc(NC(=O)C3CC3)ncc2c1. The lowest BCUT2D eigenvalue weighted by Gasteiger charge is -2.18. The molecule has 0 aliphatic heterocycles. The minimum Gasteiger partial charge on any atom is -0.384 e. The molecule has 2 heterocycles. The van der Waals surface area contributed by atoms with Crippen LogP contribution in [-0.2, 0) is 10.4 Å². The molecule has 5 heteroatoms. The second kappa shape index (κ2) is 6.43. The summed E-state index contributed by atoms with van der Waals surface area (Å²) < 4.78 is 0. The standard InChI is InChI=1S/C22H23N3O2/c1-13-8-19(22(2,3)27)23-12-18(13)16-7-6-15-10-20(24-11-17(15)9-16)25-21(26)14-4-5-14/h6-12,14,27H,4-5H2,1-3H3,(H,24,25,26). The Hall–Kier alpha value is -2.79. The fraction of sp³-hybridized carbons (Fsp3) is 0.318. The molecule has 2 aromatic heterocycles. The van der Waals surface area contributed by atoms with Crippen LogP contribution in [0.3, 0.4) is 0 Å². The molecule has 3 aromatic rings. The van der Waals surface area contributed by atoms with Crippen molar-refractivity contribution in [1.82, 2.24) is 9.97 Å². The number of pyridine rings is 2. The van der Waals surface area contributed by atoms with Crippen LogP contribution in [0.1, 0.15) is 37.9 Å². The number of hydrogen-bond acceptors (Lipinski definition) is 4.